The zero-order valence-electron chi connectivity index (χ0n) is 20.3. The summed E-state index contributed by atoms with van der Waals surface area (Å²) < 4.78 is 27.9. The highest BCUT2D eigenvalue weighted by Crippen LogP contribution is 2.32. The van der Waals surface area contributed by atoms with Gasteiger partial charge in [-0.25, -0.2) is 13.8 Å². The minimum Gasteiger partial charge on any atom is -0.366 e. The SMILES string of the molecule is C=C(CCNC(=O)c1c(N(CC)CCC(F)(F)CC)ncc(-c2ccc(C#N)cc2)c1C)C(N)=O. The largest absolute Gasteiger partial charge is 0.366 e. The Labute approximate surface area is 204 Å². The molecule has 0 unspecified atom stereocenters. The number of nitrogens with zero attached hydrogens (tertiary/aromatic N) is 3. The van der Waals surface area contributed by atoms with Crippen molar-refractivity contribution in [2.75, 3.05) is 24.5 Å². The van der Waals surface area contributed by atoms with Crippen LogP contribution in [0.4, 0.5) is 14.6 Å². The first-order valence-electron chi connectivity index (χ1n) is 11.4. The summed E-state index contributed by atoms with van der Waals surface area (Å²) in [5.41, 5.74) is 8.21. The van der Waals surface area contributed by atoms with Gasteiger partial charge >= 0.3 is 0 Å². The molecular weight excluding hydrogens is 452 g/mol. The number of hydrogen-bond donors (Lipinski definition) is 2. The number of nitriles is 1. The molecule has 0 aliphatic carbocycles. The summed E-state index contributed by atoms with van der Waals surface area (Å²) in [5.74, 6) is -3.60. The maximum absolute atomic E-state index is 14.0. The zero-order chi connectivity index (χ0) is 26.2. The number of carbonyl (C=O) groups is 2. The first-order chi connectivity index (χ1) is 16.5. The van der Waals surface area contributed by atoms with Crippen molar-refractivity contribution >= 4 is 17.6 Å². The lowest BCUT2D eigenvalue weighted by Gasteiger charge is -2.27. The van der Waals surface area contributed by atoms with Crippen molar-refractivity contribution in [3.05, 3.63) is 59.3 Å². The maximum atomic E-state index is 14.0. The molecule has 0 aliphatic rings. The third-order valence-electron chi connectivity index (χ3n) is 5.88. The predicted molar refractivity (Wildman–Crippen MR) is 132 cm³/mol. The van der Waals surface area contributed by atoms with E-state index < -0.39 is 17.7 Å². The topological polar surface area (TPSA) is 112 Å². The Balaban J connectivity index is 2.48. The van der Waals surface area contributed by atoms with E-state index in [2.05, 4.69) is 22.9 Å². The summed E-state index contributed by atoms with van der Waals surface area (Å²) in [6.07, 6.45) is 1.15. The van der Waals surface area contributed by atoms with Gasteiger partial charge in [0.05, 0.1) is 17.2 Å². The number of aromatic nitrogens is 1. The molecule has 0 atom stereocenters. The summed E-state index contributed by atoms with van der Waals surface area (Å²) >= 11 is 0. The van der Waals surface area contributed by atoms with Crippen LogP contribution in [0.5, 0.6) is 0 Å². The van der Waals surface area contributed by atoms with Crippen LogP contribution < -0.4 is 16.0 Å². The fraction of sp³-hybridized carbons (Fsp3) is 0.385. The summed E-state index contributed by atoms with van der Waals surface area (Å²) in [4.78, 5) is 30.7. The fourth-order valence-electron chi connectivity index (χ4n) is 3.54. The van der Waals surface area contributed by atoms with E-state index in [4.69, 9.17) is 11.0 Å². The number of anilines is 1. The molecule has 0 radical (unpaired) electrons. The Morgan fingerprint density at radius 2 is 1.91 bits per heavy atom. The first kappa shape index (κ1) is 27.4. The second kappa shape index (κ2) is 12.1. The molecule has 0 saturated heterocycles. The molecule has 186 valence electrons. The highest BCUT2D eigenvalue weighted by Gasteiger charge is 2.29. The van der Waals surface area contributed by atoms with Crippen molar-refractivity contribution in [1.29, 1.82) is 5.26 Å². The molecule has 35 heavy (non-hydrogen) atoms. The summed E-state index contributed by atoms with van der Waals surface area (Å²) in [6.45, 7) is 9.13. The van der Waals surface area contributed by atoms with E-state index in [-0.39, 0.29) is 43.5 Å². The quantitative estimate of drug-likeness (QED) is 0.436. The average molecular weight is 484 g/mol. The molecule has 1 heterocycles. The highest BCUT2D eigenvalue weighted by molar-refractivity contribution is 6.02. The fourth-order valence-corrected chi connectivity index (χ4v) is 3.54. The van der Waals surface area contributed by atoms with E-state index in [1.807, 2.05) is 6.92 Å². The van der Waals surface area contributed by atoms with Gasteiger partial charge in [0.2, 0.25) is 11.8 Å². The van der Waals surface area contributed by atoms with Gasteiger partial charge in [0, 0.05) is 49.8 Å². The number of hydrogen-bond acceptors (Lipinski definition) is 5. The number of nitrogens with one attached hydrogen (secondary N) is 1. The number of halogens is 2. The minimum atomic E-state index is -2.82. The molecule has 2 amide bonds. The van der Waals surface area contributed by atoms with Gasteiger partial charge in [-0.15, -0.1) is 0 Å². The number of benzene rings is 1. The van der Waals surface area contributed by atoms with Crippen LogP contribution in [0.15, 0.2) is 42.6 Å². The first-order valence-corrected chi connectivity index (χ1v) is 11.4. The van der Waals surface area contributed by atoms with Crippen LogP contribution >= 0.6 is 0 Å². The number of amides is 2. The van der Waals surface area contributed by atoms with Crippen molar-refractivity contribution in [2.45, 2.75) is 46.0 Å². The van der Waals surface area contributed by atoms with Crippen LogP contribution in [0.25, 0.3) is 11.1 Å². The van der Waals surface area contributed by atoms with Crippen LogP contribution in [0, 0.1) is 18.3 Å². The molecule has 2 aromatic rings. The minimum absolute atomic E-state index is 0.0265. The van der Waals surface area contributed by atoms with Crippen LogP contribution in [0.1, 0.15) is 54.6 Å². The van der Waals surface area contributed by atoms with Crippen LogP contribution in [0.2, 0.25) is 0 Å². The molecule has 0 bridgehead atoms. The lowest BCUT2D eigenvalue weighted by Crippen LogP contribution is -2.34. The number of alkyl halides is 2. The Morgan fingerprint density at radius 3 is 2.46 bits per heavy atom. The van der Waals surface area contributed by atoms with E-state index in [0.717, 1.165) is 5.56 Å². The Bertz CT molecular complexity index is 1120. The van der Waals surface area contributed by atoms with E-state index in [1.165, 1.54) is 6.92 Å². The van der Waals surface area contributed by atoms with Crippen molar-refractivity contribution < 1.29 is 18.4 Å². The van der Waals surface area contributed by atoms with Crippen LogP contribution in [-0.4, -0.2) is 42.4 Å². The number of rotatable bonds is 12. The van der Waals surface area contributed by atoms with Gasteiger partial charge in [0.1, 0.15) is 5.82 Å². The molecular formula is C26H31F2N5O2. The maximum Gasteiger partial charge on any atom is 0.255 e. The molecule has 0 spiro atoms. The van der Waals surface area contributed by atoms with Crippen molar-refractivity contribution in [2.24, 2.45) is 5.73 Å². The van der Waals surface area contributed by atoms with Gasteiger partial charge in [0.15, 0.2) is 0 Å². The van der Waals surface area contributed by atoms with Gasteiger partial charge in [0.25, 0.3) is 5.91 Å². The molecule has 0 fully saturated rings. The Hall–Kier alpha value is -3.80. The van der Waals surface area contributed by atoms with Gasteiger partial charge in [-0.1, -0.05) is 25.6 Å². The van der Waals surface area contributed by atoms with E-state index in [0.29, 0.717) is 29.1 Å². The van der Waals surface area contributed by atoms with E-state index in [9.17, 15) is 18.4 Å². The second-order valence-electron chi connectivity index (χ2n) is 8.20. The van der Waals surface area contributed by atoms with Crippen LogP contribution in [0.3, 0.4) is 0 Å². The monoisotopic (exact) mass is 483 g/mol. The third kappa shape index (κ3) is 7.09. The molecule has 3 N–H and O–H groups in total. The van der Waals surface area contributed by atoms with Gasteiger partial charge in [-0.3, -0.25) is 9.59 Å². The molecule has 1 aromatic carbocycles. The van der Waals surface area contributed by atoms with Crippen molar-refractivity contribution in [1.82, 2.24) is 10.3 Å². The van der Waals surface area contributed by atoms with Gasteiger partial charge in [-0.2, -0.15) is 5.26 Å². The molecule has 2 rings (SSSR count). The summed E-state index contributed by atoms with van der Waals surface area (Å²) in [7, 11) is 0. The van der Waals surface area contributed by atoms with E-state index in [1.54, 1.807) is 42.3 Å². The highest BCUT2D eigenvalue weighted by atomic mass is 19.3. The van der Waals surface area contributed by atoms with Gasteiger partial charge in [-0.05, 0) is 43.5 Å². The lowest BCUT2D eigenvalue weighted by atomic mass is 9.97. The number of pyridine rings is 1. The molecule has 0 aliphatic heterocycles. The predicted octanol–water partition coefficient (Wildman–Crippen LogP) is 4.35. The lowest BCUT2D eigenvalue weighted by molar-refractivity contribution is -0.114. The smallest absolute Gasteiger partial charge is 0.255 e. The second-order valence-corrected chi connectivity index (χ2v) is 8.20. The third-order valence-corrected chi connectivity index (χ3v) is 5.88. The zero-order valence-corrected chi connectivity index (χ0v) is 20.3. The summed E-state index contributed by atoms with van der Waals surface area (Å²) in [5, 5.41) is 11.8. The van der Waals surface area contributed by atoms with Crippen molar-refractivity contribution in [3.63, 3.8) is 0 Å². The Morgan fingerprint density at radius 1 is 1.26 bits per heavy atom. The number of carbonyl (C=O) groups excluding carboxylic acids is 2. The number of primary amides is 1. The van der Waals surface area contributed by atoms with Crippen molar-refractivity contribution in [3.8, 4) is 17.2 Å². The Kier molecular flexibility index (Phi) is 9.46. The normalized spacial score (nSPS) is 11.0. The number of nitrogens with two attached hydrogens (primary N) is 1. The van der Waals surface area contributed by atoms with E-state index >= 15 is 0 Å². The summed E-state index contributed by atoms with van der Waals surface area (Å²) in [6, 6.07) is 8.93. The molecule has 9 heteroatoms. The average Bonchev–Trinajstić information content (AvgIpc) is 2.84. The molecule has 7 nitrogen and oxygen atoms in total. The van der Waals surface area contributed by atoms with Crippen LogP contribution in [-0.2, 0) is 4.79 Å². The standard InChI is InChI=1S/C26H31F2N5O2/c1-5-26(27,28)12-14-33(6-2)24-22(25(35)31-13-11-17(3)23(30)34)18(4)21(16-32-24)20-9-7-19(15-29)8-10-20/h7-10,16H,3,5-6,11-14H2,1-2,4H3,(H2,30,34)(H,31,35). The molecule has 0 saturated carbocycles. The molecule has 1 aromatic heterocycles. The van der Waals surface area contributed by atoms with Gasteiger partial charge < -0.3 is 16.0 Å².